The van der Waals surface area contributed by atoms with Crippen LogP contribution in [0.2, 0.25) is 5.02 Å². The van der Waals surface area contributed by atoms with Gasteiger partial charge >= 0.3 is 6.18 Å². The summed E-state index contributed by atoms with van der Waals surface area (Å²) in [7, 11) is 1.81. The van der Waals surface area contributed by atoms with Gasteiger partial charge in [-0.15, -0.1) is 0 Å². The largest absolute Gasteiger partial charge is 0.416 e. The predicted octanol–water partition coefficient (Wildman–Crippen LogP) is 4.75. The Balaban J connectivity index is 2.34. The Morgan fingerprint density at radius 3 is 2.15 bits per heavy atom. The molecule has 106 valence electrons. The van der Waals surface area contributed by atoms with Crippen molar-refractivity contribution in [3.63, 3.8) is 0 Å². The molecule has 0 bridgehead atoms. The molecule has 0 fully saturated rings. The van der Waals surface area contributed by atoms with Gasteiger partial charge < -0.3 is 5.32 Å². The SMILES string of the molecule is CNCc1cc(-c2ccc(C(F)(F)F)cc2)ccc1Cl. The van der Waals surface area contributed by atoms with Gasteiger partial charge in [-0.2, -0.15) is 13.2 Å². The third-order valence-electron chi connectivity index (χ3n) is 2.96. The van der Waals surface area contributed by atoms with Crippen molar-refractivity contribution in [2.75, 3.05) is 7.05 Å². The maximum absolute atomic E-state index is 12.5. The van der Waals surface area contributed by atoms with Crippen LogP contribution in [0.5, 0.6) is 0 Å². The molecule has 0 atom stereocenters. The standard InChI is InChI=1S/C15H13ClF3N/c1-20-9-12-8-11(4-7-14(12)16)10-2-5-13(6-3-10)15(17,18)19/h2-8,20H,9H2,1H3. The van der Waals surface area contributed by atoms with E-state index in [-0.39, 0.29) is 0 Å². The molecule has 2 aromatic carbocycles. The molecule has 2 aromatic rings. The maximum atomic E-state index is 12.5. The summed E-state index contributed by atoms with van der Waals surface area (Å²) in [6, 6.07) is 10.5. The summed E-state index contributed by atoms with van der Waals surface area (Å²) in [4.78, 5) is 0. The number of halogens is 4. The summed E-state index contributed by atoms with van der Waals surface area (Å²) in [6.07, 6.45) is -4.31. The first-order valence-electron chi connectivity index (χ1n) is 6.02. The lowest BCUT2D eigenvalue weighted by Crippen LogP contribution is -2.05. The van der Waals surface area contributed by atoms with Gasteiger partial charge in [0.05, 0.1) is 5.56 Å². The highest BCUT2D eigenvalue weighted by Gasteiger charge is 2.29. The summed E-state index contributed by atoms with van der Waals surface area (Å²) >= 11 is 6.06. The van der Waals surface area contributed by atoms with Crippen molar-refractivity contribution in [1.82, 2.24) is 5.32 Å². The number of benzene rings is 2. The fourth-order valence-corrected chi connectivity index (χ4v) is 2.12. The second-order valence-corrected chi connectivity index (χ2v) is 4.82. The van der Waals surface area contributed by atoms with Crippen molar-refractivity contribution < 1.29 is 13.2 Å². The van der Waals surface area contributed by atoms with Crippen LogP contribution in [0.3, 0.4) is 0 Å². The van der Waals surface area contributed by atoms with E-state index in [0.717, 1.165) is 28.8 Å². The maximum Gasteiger partial charge on any atom is 0.416 e. The Morgan fingerprint density at radius 2 is 1.60 bits per heavy atom. The monoisotopic (exact) mass is 299 g/mol. The summed E-state index contributed by atoms with van der Waals surface area (Å²) in [5.74, 6) is 0. The Hall–Kier alpha value is -1.52. The summed E-state index contributed by atoms with van der Waals surface area (Å²) in [6.45, 7) is 0.604. The van der Waals surface area contributed by atoms with Gasteiger partial charge in [-0.05, 0) is 48.0 Å². The van der Waals surface area contributed by atoms with Crippen molar-refractivity contribution in [3.8, 4) is 11.1 Å². The van der Waals surface area contributed by atoms with Gasteiger partial charge in [-0.1, -0.05) is 29.8 Å². The summed E-state index contributed by atoms with van der Waals surface area (Å²) < 4.78 is 37.5. The molecule has 0 aliphatic carbocycles. The fourth-order valence-electron chi connectivity index (χ4n) is 1.93. The normalized spacial score (nSPS) is 11.7. The van der Waals surface area contributed by atoms with Crippen molar-refractivity contribution in [2.24, 2.45) is 0 Å². The average Bonchev–Trinajstić information content (AvgIpc) is 2.41. The zero-order chi connectivity index (χ0) is 14.8. The predicted molar refractivity (Wildman–Crippen MR) is 74.7 cm³/mol. The molecule has 1 N–H and O–H groups in total. The van der Waals surface area contributed by atoms with Crippen LogP contribution in [0.4, 0.5) is 13.2 Å². The molecular formula is C15H13ClF3N. The van der Waals surface area contributed by atoms with Crippen LogP contribution in [-0.4, -0.2) is 7.05 Å². The van der Waals surface area contributed by atoms with Crippen molar-refractivity contribution in [1.29, 1.82) is 0 Å². The molecule has 0 saturated carbocycles. The Bertz CT molecular complexity index is 591. The zero-order valence-corrected chi connectivity index (χ0v) is 11.5. The molecule has 0 amide bonds. The minimum Gasteiger partial charge on any atom is -0.316 e. The lowest BCUT2D eigenvalue weighted by atomic mass is 10.0. The third kappa shape index (κ3) is 3.32. The molecule has 2 rings (SSSR count). The molecule has 5 heteroatoms. The van der Waals surface area contributed by atoms with Crippen LogP contribution in [0, 0.1) is 0 Å². The number of nitrogens with one attached hydrogen (secondary N) is 1. The van der Waals surface area contributed by atoms with Gasteiger partial charge in [0.15, 0.2) is 0 Å². The topological polar surface area (TPSA) is 12.0 Å². The number of hydrogen-bond acceptors (Lipinski definition) is 1. The quantitative estimate of drug-likeness (QED) is 0.863. The second-order valence-electron chi connectivity index (χ2n) is 4.41. The van der Waals surface area contributed by atoms with E-state index >= 15 is 0 Å². The van der Waals surface area contributed by atoms with E-state index in [1.807, 2.05) is 6.07 Å². The lowest BCUT2D eigenvalue weighted by Gasteiger charge is -2.10. The molecule has 0 unspecified atom stereocenters. The summed E-state index contributed by atoms with van der Waals surface area (Å²) in [5.41, 5.74) is 1.83. The molecule has 20 heavy (non-hydrogen) atoms. The van der Waals surface area contributed by atoms with Crippen molar-refractivity contribution in [3.05, 3.63) is 58.6 Å². The number of alkyl halides is 3. The molecule has 0 aliphatic rings. The molecule has 0 saturated heterocycles. The van der Waals surface area contributed by atoms with Crippen LogP contribution < -0.4 is 5.32 Å². The zero-order valence-electron chi connectivity index (χ0n) is 10.8. The van der Waals surface area contributed by atoms with Gasteiger partial charge in [0.25, 0.3) is 0 Å². The highest BCUT2D eigenvalue weighted by Crippen LogP contribution is 2.31. The van der Waals surface area contributed by atoms with Gasteiger partial charge in [-0.3, -0.25) is 0 Å². The van der Waals surface area contributed by atoms with Gasteiger partial charge in [0.2, 0.25) is 0 Å². The van der Waals surface area contributed by atoms with Crippen LogP contribution in [0.15, 0.2) is 42.5 Å². The molecule has 1 nitrogen and oxygen atoms in total. The van der Waals surface area contributed by atoms with Crippen LogP contribution in [0.25, 0.3) is 11.1 Å². The smallest absolute Gasteiger partial charge is 0.316 e. The van der Waals surface area contributed by atoms with E-state index in [1.54, 1.807) is 19.2 Å². The van der Waals surface area contributed by atoms with Crippen LogP contribution in [-0.2, 0) is 12.7 Å². The first kappa shape index (κ1) is 14.9. The van der Waals surface area contributed by atoms with Crippen molar-refractivity contribution in [2.45, 2.75) is 12.7 Å². The Kier molecular flexibility index (Phi) is 4.35. The van der Waals surface area contributed by atoms with Gasteiger partial charge in [0.1, 0.15) is 0 Å². The minimum absolute atomic E-state index is 0.604. The van der Waals surface area contributed by atoms with Crippen molar-refractivity contribution >= 4 is 11.6 Å². The first-order valence-corrected chi connectivity index (χ1v) is 6.40. The minimum atomic E-state index is -4.31. The number of rotatable bonds is 3. The summed E-state index contributed by atoms with van der Waals surface area (Å²) in [5, 5.41) is 3.63. The molecule has 0 aromatic heterocycles. The van der Waals surface area contributed by atoms with E-state index in [4.69, 9.17) is 11.6 Å². The third-order valence-corrected chi connectivity index (χ3v) is 3.33. The lowest BCUT2D eigenvalue weighted by molar-refractivity contribution is -0.137. The Labute approximate surface area is 120 Å². The molecular weight excluding hydrogens is 287 g/mol. The molecule has 0 radical (unpaired) electrons. The highest BCUT2D eigenvalue weighted by molar-refractivity contribution is 6.31. The molecule has 0 heterocycles. The molecule has 0 spiro atoms. The molecule has 0 aliphatic heterocycles. The van der Waals surface area contributed by atoms with E-state index < -0.39 is 11.7 Å². The van der Waals surface area contributed by atoms with Gasteiger partial charge in [0, 0.05) is 11.6 Å². The van der Waals surface area contributed by atoms with Crippen LogP contribution >= 0.6 is 11.6 Å². The fraction of sp³-hybridized carbons (Fsp3) is 0.200. The highest BCUT2D eigenvalue weighted by atomic mass is 35.5. The van der Waals surface area contributed by atoms with E-state index in [0.29, 0.717) is 11.6 Å². The van der Waals surface area contributed by atoms with Crippen LogP contribution in [0.1, 0.15) is 11.1 Å². The van der Waals surface area contributed by atoms with Gasteiger partial charge in [-0.25, -0.2) is 0 Å². The number of hydrogen-bond donors (Lipinski definition) is 1. The Morgan fingerprint density at radius 1 is 1.00 bits per heavy atom. The second kappa shape index (κ2) is 5.85. The first-order chi connectivity index (χ1) is 9.41. The van der Waals surface area contributed by atoms with E-state index in [9.17, 15) is 13.2 Å². The van der Waals surface area contributed by atoms with E-state index in [2.05, 4.69) is 5.32 Å². The average molecular weight is 300 g/mol. The van der Waals surface area contributed by atoms with E-state index in [1.165, 1.54) is 12.1 Å².